The third-order valence-corrected chi connectivity index (χ3v) is 10.8. The Morgan fingerprint density at radius 3 is 1.79 bits per heavy atom. The molecule has 8 aromatic carbocycles. The van der Waals surface area contributed by atoms with Crippen LogP contribution in [0.25, 0.3) is 122 Å². The zero-order valence-corrected chi connectivity index (χ0v) is 30.2. The van der Waals surface area contributed by atoms with Gasteiger partial charge < -0.3 is 13.3 Å². The van der Waals surface area contributed by atoms with Crippen LogP contribution in [0.5, 0.6) is 0 Å². The van der Waals surface area contributed by atoms with Crippen LogP contribution in [-0.2, 0) is 0 Å². The summed E-state index contributed by atoms with van der Waals surface area (Å²) in [6.07, 6.45) is 0. The summed E-state index contributed by atoms with van der Waals surface area (Å²) in [7, 11) is 0. The number of benzene rings is 8. The fourth-order valence-electron chi connectivity index (χ4n) is 8.13. The van der Waals surface area contributed by atoms with Gasteiger partial charge in [0.1, 0.15) is 27.8 Å². The standard InChI is InChI=1S/C50H28N4O3/c1-3-14-30(15-4-1)43-33-18-8-7-13-29(33)23-26-37(43)48-52-47(31-16-5-2-6-17-31)53-49(54-48)38-28-39-46(44-36-20-10-12-22-41(36)56-45(38)44)57-50(51-39)32-24-25-35-34-19-9-11-21-40(34)55-42(35)27-32/h1-28H. The third-order valence-electron chi connectivity index (χ3n) is 10.8. The molecule has 0 N–H and O–H groups in total. The maximum Gasteiger partial charge on any atom is 0.227 e. The van der Waals surface area contributed by atoms with Gasteiger partial charge in [-0.2, -0.15) is 0 Å². The van der Waals surface area contributed by atoms with Crippen molar-refractivity contribution in [2.75, 3.05) is 0 Å². The number of rotatable bonds is 5. The molecule has 4 heterocycles. The molecule has 0 fully saturated rings. The van der Waals surface area contributed by atoms with Gasteiger partial charge in [0, 0.05) is 38.4 Å². The number of fused-ring (bicyclic) bond motifs is 9. The number of nitrogens with zero attached hydrogens (tertiary/aromatic N) is 4. The van der Waals surface area contributed by atoms with Crippen molar-refractivity contribution in [3.63, 3.8) is 0 Å². The van der Waals surface area contributed by atoms with Crippen molar-refractivity contribution >= 4 is 65.7 Å². The number of oxazole rings is 1. The van der Waals surface area contributed by atoms with Crippen molar-refractivity contribution in [3.8, 4) is 56.7 Å². The lowest BCUT2D eigenvalue weighted by Gasteiger charge is -2.15. The summed E-state index contributed by atoms with van der Waals surface area (Å²) in [6, 6.07) is 57.2. The Morgan fingerprint density at radius 1 is 0.351 bits per heavy atom. The minimum Gasteiger partial charge on any atom is -0.456 e. The second-order valence-electron chi connectivity index (χ2n) is 14.2. The lowest BCUT2D eigenvalue weighted by atomic mass is 9.93. The Kier molecular flexibility index (Phi) is 6.79. The normalized spacial score (nSPS) is 11.9. The van der Waals surface area contributed by atoms with Gasteiger partial charge in [-0.15, -0.1) is 0 Å². The average molecular weight is 733 g/mol. The molecule has 0 bridgehead atoms. The molecular weight excluding hydrogens is 705 g/mol. The second kappa shape index (κ2) is 12.3. The fraction of sp³-hybridized carbons (Fsp3) is 0. The molecule has 7 heteroatoms. The second-order valence-corrected chi connectivity index (χ2v) is 14.2. The topological polar surface area (TPSA) is 91.0 Å². The van der Waals surface area contributed by atoms with Gasteiger partial charge in [-0.1, -0.05) is 127 Å². The van der Waals surface area contributed by atoms with E-state index < -0.39 is 0 Å². The van der Waals surface area contributed by atoms with E-state index in [0.717, 1.165) is 76.9 Å². The van der Waals surface area contributed by atoms with Gasteiger partial charge in [-0.05, 0) is 58.8 Å². The van der Waals surface area contributed by atoms with E-state index in [2.05, 4.69) is 72.8 Å². The Balaban J connectivity index is 1.12. The average Bonchev–Trinajstić information content (AvgIpc) is 3.99. The van der Waals surface area contributed by atoms with Crippen molar-refractivity contribution in [1.82, 2.24) is 19.9 Å². The van der Waals surface area contributed by atoms with E-state index in [1.165, 1.54) is 0 Å². The first-order valence-corrected chi connectivity index (χ1v) is 18.8. The molecule has 0 amide bonds. The van der Waals surface area contributed by atoms with Crippen molar-refractivity contribution in [3.05, 3.63) is 170 Å². The van der Waals surface area contributed by atoms with Crippen LogP contribution < -0.4 is 0 Å². The highest BCUT2D eigenvalue weighted by molar-refractivity contribution is 6.20. The van der Waals surface area contributed by atoms with Gasteiger partial charge in [-0.3, -0.25) is 0 Å². The number of hydrogen-bond acceptors (Lipinski definition) is 7. The van der Waals surface area contributed by atoms with Gasteiger partial charge in [0.2, 0.25) is 5.89 Å². The molecule has 0 radical (unpaired) electrons. The zero-order valence-electron chi connectivity index (χ0n) is 30.2. The molecule has 0 unspecified atom stereocenters. The van der Waals surface area contributed by atoms with Crippen LogP contribution in [0.2, 0.25) is 0 Å². The minimum atomic E-state index is 0.463. The molecule has 0 aliphatic rings. The molecule has 0 saturated heterocycles. The van der Waals surface area contributed by atoms with Gasteiger partial charge >= 0.3 is 0 Å². The Bertz CT molecular complexity index is 3530. The molecule has 0 aliphatic carbocycles. The Morgan fingerprint density at radius 2 is 0.982 bits per heavy atom. The van der Waals surface area contributed by atoms with Crippen LogP contribution in [0.15, 0.2) is 183 Å². The predicted octanol–water partition coefficient (Wildman–Crippen LogP) is 13.3. The molecule has 0 spiro atoms. The van der Waals surface area contributed by atoms with E-state index in [1.54, 1.807) is 0 Å². The minimum absolute atomic E-state index is 0.463. The van der Waals surface area contributed by atoms with Crippen molar-refractivity contribution in [2.45, 2.75) is 0 Å². The van der Waals surface area contributed by atoms with Gasteiger partial charge in [0.25, 0.3) is 0 Å². The fourth-order valence-corrected chi connectivity index (χ4v) is 8.13. The smallest absolute Gasteiger partial charge is 0.227 e. The summed E-state index contributed by atoms with van der Waals surface area (Å²) >= 11 is 0. The lowest BCUT2D eigenvalue weighted by Crippen LogP contribution is -2.01. The molecule has 0 saturated carbocycles. The maximum atomic E-state index is 6.69. The molecule has 7 nitrogen and oxygen atoms in total. The summed E-state index contributed by atoms with van der Waals surface area (Å²) in [5.74, 6) is 2.03. The van der Waals surface area contributed by atoms with E-state index in [-0.39, 0.29) is 0 Å². The van der Waals surface area contributed by atoms with Crippen molar-refractivity contribution < 1.29 is 13.3 Å². The first-order valence-electron chi connectivity index (χ1n) is 18.8. The molecule has 0 aliphatic heterocycles. The van der Waals surface area contributed by atoms with E-state index in [4.69, 9.17) is 33.2 Å². The zero-order chi connectivity index (χ0) is 37.5. The number of furan rings is 2. The predicted molar refractivity (Wildman–Crippen MR) is 227 cm³/mol. The van der Waals surface area contributed by atoms with Gasteiger partial charge in [0.15, 0.2) is 23.1 Å². The van der Waals surface area contributed by atoms with Crippen molar-refractivity contribution in [2.24, 2.45) is 0 Å². The van der Waals surface area contributed by atoms with Crippen LogP contribution in [0.3, 0.4) is 0 Å². The highest BCUT2D eigenvalue weighted by atomic mass is 16.4. The quantitative estimate of drug-likeness (QED) is 0.174. The lowest BCUT2D eigenvalue weighted by molar-refractivity contribution is 0.621. The van der Waals surface area contributed by atoms with Crippen LogP contribution in [0.1, 0.15) is 0 Å². The first kappa shape index (κ1) is 31.5. The molecule has 266 valence electrons. The summed E-state index contributed by atoms with van der Waals surface area (Å²) in [4.78, 5) is 20.7. The Labute approximate surface area is 324 Å². The molecule has 57 heavy (non-hydrogen) atoms. The molecule has 12 aromatic rings. The van der Waals surface area contributed by atoms with Gasteiger partial charge in [-0.25, -0.2) is 19.9 Å². The SMILES string of the molecule is c1ccc(-c2nc(-c3ccc4ccccc4c3-c3ccccc3)nc(-c3cc4nc(-c5ccc6c(c5)oc5ccccc56)oc4c4c3oc3ccccc34)n2)cc1. The summed E-state index contributed by atoms with van der Waals surface area (Å²) in [5.41, 5.74) is 9.60. The van der Waals surface area contributed by atoms with Crippen LogP contribution in [-0.4, -0.2) is 19.9 Å². The van der Waals surface area contributed by atoms with E-state index in [9.17, 15) is 0 Å². The van der Waals surface area contributed by atoms with Crippen LogP contribution >= 0.6 is 0 Å². The maximum absolute atomic E-state index is 6.69. The number of hydrogen-bond donors (Lipinski definition) is 0. The van der Waals surface area contributed by atoms with E-state index in [1.807, 2.05) is 97.1 Å². The molecule has 12 rings (SSSR count). The Hall–Kier alpha value is -7.90. The number of aromatic nitrogens is 4. The molecule has 0 atom stereocenters. The van der Waals surface area contributed by atoms with E-state index >= 15 is 0 Å². The van der Waals surface area contributed by atoms with Crippen LogP contribution in [0, 0.1) is 0 Å². The third kappa shape index (κ3) is 4.99. The highest BCUT2D eigenvalue weighted by Gasteiger charge is 2.25. The number of para-hydroxylation sites is 2. The van der Waals surface area contributed by atoms with Crippen LogP contribution in [0.4, 0.5) is 0 Å². The molecule has 4 aromatic heterocycles. The van der Waals surface area contributed by atoms with Crippen molar-refractivity contribution in [1.29, 1.82) is 0 Å². The summed E-state index contributed by atoms with van der Waals surface area (Å²) in [6.45, 7) is 0. The highest BCUT2D eigenvalue weighted by Crippen LogP contribution is 2.43. The first-order chi connectivity index (χ1) is 28.2. The molecular formula is C50H28N4O3. The monoisotopic (exact) mass is 732 g/mol. The van der Waals surface area contributed by atoms with Gasteiger partial charge in [0.05, 0.1) is 10.9 Å². The largest absolute Gasteiger partial charge is 0.456 e. The van der Waals surface area contributed by atoms with E-state index in [0.29, 0.717) is 45.6 Å². The summed E-state index contributed by atoms with van der Waals surface area (Å²) < 4.78 is 19.6. The summed E-state index contributed by atoms with van der Waals surface area (Å²) in [5, 5.41) is 6.07.